The van der Waals surface area contributed by atoms with Crippen LogP contribution in [-0.4, -0.2) is 11.7 Å². The average Bonchev–Trinajstić information content (AvgIpc) is 2.21. The van der Waals surface area contributed by atoms with Gasteiger partial charge in [0.2, 0.25) is 0 Å². The second-order valence-corrected chi connectivity index (χ2v) is 2.98. The van der Waals surface area contributed by atoms with Crippen molar-refractivity contribution < 1.29 is 9.84 Å². The summed E-state index contributed by atoms with van der Waals surface area (Å²) < 4.78 is 5.47. The highest BCUT2D eigenvalue weighted by atomic mass is 16.5. The number of aliphatic hydroxyl groups excluding tert-OH is 1. The fourth-order valence-corrected chi connectivity index (χ4v) is 1.43. The van der Waals surface area contributed by atoms with Crippen LogP contribution >= 0.6 is 0 Å². The second-order valence-electron chi connectivity index (χ2n) is 2.98. The Kier molecular flexibility index (Phi) is 4.20. The van der Waals surface area contributed by atoms with Gasteiger partial charge in [-0.2, -0.15) is 0 Å². The van der Waals surface area contributed by atoms with Gasteiger partial charge in [0.15, 0.2) is 0 Å². The molecule has 1 N–H and O–H groups in total. The Morgan fingerprint density at radius 1 is 1.50 bits per heavy atom. The van der Waals surface area contributed by atoms with E-state index < -0.39 is 0 Å². The summed E-state index contributed by atoms with van der Waals surface area (Å²) in [6, 6.07) is 5.71. The lowest BCUT2D eigenvalue weighted by molar-refractivity contribution is 0.278. The Morgan fingerprint density at radius 3 is 2.86 bits per heavy atom. The van der Waals surface area contributed by atoms with Crippen molar-refractivity contribution in [3.63, 3.8) is 0 Å². The summed E-state index contributed by atoms with van der Waals surface area (Å²) in [5.41, 5.74) is 1.95. The Balaban J connectivity index is 3.06. The first-order valence-corrected chi connectivity index (χ1v) is 4.78. The molecule has 0 aliphatic heterocycles. The molecule has 0 unspecified atom stereocenters. The van der Waals surface area contributed by atoms with Gasteiger partial charge in [0, 0.05) is 5.56 Å². The number of rotatable bonds is 5. The predicted molar refractivity (Wildman–Crippen MR) is 57.4 cm³/mol. The monoisotopic (exact) mass is 192 g/mol. The molecule has 1 rings (SSSR count). The first-order valence-electron chi connectivity index (χ1n) is 4.78. The molecule has 0 aromatic heterocycles. The maximum Gasteiger partial charge on any atom is 0.123 e. The fraction of sp³-hybridized carbons (Fsp3) is 0.333. The molecule has 2 heteroatoms. The zero-order chi connectivity index (χ0) is 10.4. The maximum atomic E-state index is 9.15. The van der Waals surface area contributed by atoms with Crippen molar-refractivity contribution in [1.82, 2.24) is 0 Å². The van der Waals surface area contributed by atoms with Crippen LogP contribution in [0.25, 0.3) is 0 Å². The molecule has 0 radical (unpaired) electrons. The van der Waals surface area contributed by atoms with Crippen LogP contribution in [-0.2, 0) is 13.0 Å². The van der Waals surface area contributed by atoms with Gasteiger partial charge in [-0.25, -0.2) is 0 Å². The SMILES string of the molecule is C=CCc1c(CO)cccc1OCC. The molecule has 0 saturated heterocycles. The number of benzene rings is 1. The molecule has 0 aliphatic carbocycles. The Hall–Kier alpha value is -1.28. The summed E-state index contributed by atoms with van der Waals surface area (Å²) in [6.45, 7) is 6.33. The lowest BCUT2D eigenvalue weighted by Gasteiger charge is -2.12. The summed E-state index contributed by atoms with van der Waals surface area (Å²) in [5, 5.41) is 9.15. The van der Waals surface area contributed by atoms with Gasteiger partial charge >= 0.3 is 0 Å². The molecule has 1 aromatic carbocycles. The lowest BCUT2D eigenvalue weighted by Crippen LogP contribution is -2.00. The highest BCUT2D eigenvalue weighted by Crippen LogP contribution is 2.23. The third-order valence-electron chi connectivity index (χ3n) is 2.05. The van der Waals surface area contributed by atoms with Gasteiger partial charge in [-0.15, -0.1) is 6.58 Å². The molecule has 76 valence electrons. The second kappa shape index (κ2) is 5.45. The van der Waals surface area contributed by atoms with Crippen LogP contribution in [0.2, 0.25) is 0 Å². The van der Waals surface area contributed by atoms with Crippen LogP contribution in [0.3, 0.4) is 0 Å². The standard InChI is InChI=1S/C12H16O2/c1-3-6-11-10(9-13)7-5-8-12(11)14-4-2/h3,5,7-8,13H,1,4,6,9H2,2H3. The molecule has 0 bridgehead atoms. The van der Waals surface area contributed by atoms with Crippen molar-refractivity contribution in [2.45, 2.75) is 20.0 Å². The van der Waals surface area contributed by atoms with E-state index in [1.54, 1.807) is 0 Å². The summed E-state index contributed by atoms with van der Waals surface area (Å²) in [4.78, 5) is 0. The largest absolute Gasteiger partial charge is 0.494 e. The van der Waals surface area contributed by atoms with Crippen molar-refractivity contribution in [1.29, 1.82) is 0 Å². The van der Waals surface area contributed by atoms with E-state index in [-0.39, 0.29) is 6.61 Å². The number of hydrogen-bond donors (Lipinski definition) is 1. The summed E-state index contributed by atoms with van der Waals surface area (Å²) in [5.74, 6) is 0.846. The summed E-state index contributed by atoms with van der Waals surface area (Å²) in [7, 11) is 0. The van der Waals surface area contributed by atoms with Crippen molar-refractivity contribution in [3.05, 3.63) is 42.0 Å². The van der Waals surface area contributed by atoms with Crippen molar-refractivity contribution in [2.24, 2.45) is 0 Å². The van der Waals surface area contributed by atoms with Crippen molar-refractivity contribution >= 4 is 0 Å². The van der Waals surface area contributed by atoms with Gasteiger partial charge in [-0.3, -0.25) is 0 Å². The van der Waals surface area contributed by atoms with Crippen molar-refractivity contribution in [2.75, 3.05) is 6.61 Å². The molecule has 2 nitrogen and oxygen atoms in total. The van der Waals surface area contributed by atoms with E-state index in [2.05, 4.69) is 6.58 Å². The van der Waals surface area contributed by atoms with E-state index in [1.165, 1.54) is 0 Å². The molecule has 0 amide bonds. The minimum absolute atomic E-state index is 0.0457. The van der Waals surface area contributed by atoms with Crippen LogP contribution < -0.4 is 4.74 Å². The van der Waals surface area contributed by atoms with Crippen LogP contribution in [0, 0.1) is 0 Å². The van der Waals surface area contributed by atoms with Gasteiger partial charge in [-0.05, 0) is 25.0 Å². The minimum atomic E-state index is 0.0457. The molecular weight excluding hydrogens is 176 g/mol. The smallest absolute Gasteiger partial charge is 0.123 e. The molecule has 1 aromatic rings. The summed E-state index contributed by atoms with van der Waals surface area (Å²) in [6.07, 6.45) is 2.54. The topological polar surface area (TPSA) is 29.5 Å². The van der Waals surface area contributed by atoms with Crippen LogP contribution in [0.5, 0.6) is 5.75 Å². The molecule has 0 atom stereocenters. The highest BCUT2D eigenvalue weighted by Gasteiger charge is 2.06. The third-order valence-corrected chi connectivity index (χ3v) is 2.05. The number of hydrogen-bond acceptors (Lipinski definition) is 2. The molecule has 0 fully saturated rings. The highest BCUT2D eigenvalue weighted by molar-refractivity contribution is 5.41. The first kappa shape index (κ1) is 10.8. The molecule has 0 aliphatic rings. The maximum absolute atomic E-state index is 9.15. The van der Waals surface area contributed by atoms with Gasteiger partial charge in [0.1, 0.15) is 5.75 Å². The van der Waals surface area contributed by atoms with Crippen LogP contribution in [0.4, 0.5) is 0 Å². The van der Waals surface area contributed by atoms with E-state index in [0.29, 0.717) is 6.61 Å². The molecule has 14 heavy (non-hydrogen) atoms. The fourth-order valence-electron chi connectivity index (χ4n) is 1.43. The minimum Gasteiger partial charge on any atom is -0.494 e. The van der Waals surface area contributed by atoms with E-state index in [4.69, 9.17) is 9.84 Å². The number of aliphatic hydroxyl groups is 1. The Labute approximate surface area is 84.8 Å². The van der Waals surface area contributed by atoms with Gasteiger partial charge in [-0.1, -0.05) is 18.2 Å². The number of ether oxygens (including phenoxy) is 1. The predicted octanol–water partition coefficient (Wildman–Crippen LogP) is 2.31. The zero-order valence-corrected chi connectivity index (χ0v) is 8.49. The van der Waals surface area contributed by atoms with E-state index in [9.17, 15) is 0 Å². The van der Waals surface area contributed by atoms with Crippen molar-refractivity contribution in [3.8, 4) is 5.75 Å². The van der Waals surface area contributed by atoms with E-state index in [0.717, 1.165) is 23.3 Å². The van der Waals surface area contributed by atoms with Gasteiger partial charge in [0.05, 0.1) is 13.2 Å². The normalized spacial score (nSPS) is 9.86. The Morgan fingerprint density at radius 2 is 2.29 bits per heavy atom. The lowest BCUT2D eigenvalue weighted by atomic mass is 10.0. The van der Waals surface area contributed by atoms with E-state index >= 15 is 0 Å². The van der Waals surface area contributed by atoms with Crippen LogP contribution in [0.1, 0.15) is 18.1 Å². The quantitative estimate of drug-likeness (QED) is 0.725. The molecule has 0 saturated carbocycles. The molecule has 0 heterocycles. The average molecular weight is 192 g/mol. The molecular formula is C12H16O2. The summed E-state index contributed by atoms with van der Waals surface area (Å²) >= 11 is 0. The zero-order valence-electron chi connectivity index (χ0n) is 8.49. The van der Waals surface area contributed by atoms with E-state index in [1.807, 2.05) is 31.2 Å². The molecule has 0 spiro atoms. The Bertz CT molecular complexity index is 305. The van der Waals surface area contributed by atoms with Gasteiger partial charge < -0.3 is 9.84 Å². The van der Waals surface area contributed by atoms with Gasteiger partial charge in [0.25, 0.3) is 0 Å². The third kappa shape index (κ3) is 2.36. The van der Waals surface area contributed by atoms with Crippen LogP contribution in [0.15, 0.2) is 30.9 Å². The number of allylic oxidation sites excluding steroid dienone is 1. The first-order chi connectivity index (χ1) is 6.83.